The molecular weight excluding hydrogens is 202 g/mol. The zero-order valence-corrected chi connectivity index (χ0v) is 9.04. The molecule has 82 valence electrons. The van der Waals surface area contributed by atoms with E-state index in [-0.39, 0.29) is 6.04 Å². The minimum Gasteiger partial charge on any atom is -0.328 e. The van der Waals surface area contributed by atoms with Gasteiger partial charge in [-0.15, -0.1) is 0 Å². The van der Waals surface area contributed by atoms with Crippen LogP contribution in [0.5, 0.6) is 0 Å². The summed E-state index contributed by atoms with van der Waals surface area (Å²) in [6.45, 7) is 1.95. The predicted molar refractivity (Wildman–Crippen MR) is 60.4 cm³/mol. The van der Waals surface area contributed by atoms with Crippen molar-refractivity contribution in [2.24, 2.45) is 5.73 Å². The average Bonchev–Trinajstić information content (AvgIpc) is 2.30. The molecule has 2 N–H and O–H groups in total. The lowest BCUT2D eigenvalue weighted by Crippen LogP contribution is -2.18. The van der Waals surface area contributed by atoms with E-state index in [4.69, 9.17) is 5.73 Å². The van der Waals surface area contributed by atoms with Gasteiger partial charge in [-0.05, 0) is 25.0 Å². The predicted octanol–water partition coefficient (Wildman–Crippen LogP) is 0.823. The summed E-state index contributed by atoms with van der Waals surface area (Å²) < 4.78 is 0. The molecule has 0 spiro atoms. The topological polar surface area (TPSA) is 77.6 Å². The van der Waals surface area contributed by atoms with Gasteiger partial charge in [-0.1, -0.05) is 0 Å². The Hall–Kier alpha value is -1.88. The smallest absolute Gasteiger partial charge is 0.197 e. The highest BCUT2D eigenvalue weighted by Gasteiger charge is 2.04. The molecule has 0 aromatic carbocycles. The number of aromatic nitrogens is 4. The molecule has 0 fully saturated rings. The third-order valence-electron chi connectivity index (χ3n) is 2.03. The summed E-state index contributed by atoms with van der Waals surface area (Å²) in [4.78, 5) is 16.6. The standard InChI is InChI=1S/C11H13N5/c1-8(12)5-9-6-15-11(16-7-9)10-13-3-2-4-14-10/h2-4,6-8H,5,12H2,1H3. The van der Waals surface area contributed by atoms with Crippen molar-refractivity contribution in [2.75, 3.05) is 0 Å². The van der Waals surface area contributed by atoms with Gasteiger partial charge in [0.15, 0.2) is 11.6 Å². The van der Waals surface area contributed by atoms with Crippen LogP contribution in [0.4, 0.5) is 0 Å². The first kappa shape index (κ1) is 10.6. The number of hydrogen-bond donors (Lipinski definition) is 1. The van der Waals surface area contributed by atoms with E-state index in [1.54, 1.807) is 30.9 Å². The molecule has 0 amide bonds. The van der Waals surface area contributed by atoms with Crippen LogP contribution in [0.3, 0.4) is 0 Å². The van der Waals surface area contributed by atoms with Crippen LogP contribution >= 0.6 is 0 Å². The lowest BCUT2D eigenvalue weighted by atomic mass is 10.1. The molecule has 0 aliphatic rings. The van der Waals surface area contributed by atoms with E-state index in [9.17, 15) is 0 Å². The third kappa shape index (κ3) is 2.58. The molecule has 16 heavy (non-hydrogen) atoms. The number of nitrogens with two attached hydrogens (primary N) is 1. The highest BCUT2D eigenvalue weighted by Crippen LogP contribution is 2.07. The van der Waals surface area contributed by atoms with Crippen molar-refractivity contribution in [3.8, 4) is 11.6 Å². The second-order valence-electron chi connectivity index (χ2n) is 3.67. The van der Waals surface area contributed by atoms with E-state index in [1.807, 2.05) is 6.92 Å². The van der Waals surface area contributed by atoms with Gasteiger partial charge in [0, 0.05) is 30.8 Å². The molecule has 0 saturated carbocycles. The largest absolute Gasteiger partial charge is 0.328 e. The van der Waals surface area contributed by atoms with Gasteiger partial charge >= 0.3 is 0 Å². The first-order valence-electron chi connectivity index (χ1n) is 5.09. The van der Waals surface area contributed by atoms with E-state index >= 15 is 0 Å². The quantitative estimate of drug-likeness (QED) is 0.820. The average molecular weight is 215 g/mol. The first-order chi connectivity index (χ1) is 7.75. The molecule has 1 unspecified atom stereocenters. The van der Waals surface area contributed by atoms with Gasteiger partial charge in [-0.2, -0.15) is 0 Å². The van der Waals surface area contributed by atoms with E-state index in [2.05, 4.69) is 19.9 Å². The van der Waals surface area contributed by atoms with Gasteiger partial charge in [0.25, 0.3) is 0 Å². The molecule has 0 bridgehead atoms. The molecule has 5 heteroatoms. The van der Waals surface area contributed by atoms with Crippen molar-refractivity contribution >= 4 is 0 Å². The number of hydrogen-bond acceptors (Lipinski definition) is 5. The van der Waals surface area contributed by atoms with E-state index in [0.29, 0.717) is 11.6 Å². The summed E-state index contributed by atoms with van der Waals surface area (Å²) in [6.07, 6.45) is 7.64. The fraction of sp³-hybridized carbons (Fsp3) is 0.273. The van der Waals surface area contributed by atoms with Gasteiger partial charge in [-0.3, -0.25) is 0 Å². The summed E-state index contributed by atoms with van der Waals surface area (Å²) in [5.41, 5.74) is 6.72. The fourth-order valence-electron chi connectivity index (χ4n) is 1.36. The lowest BCUT2D eigenvalue weighted by Gasteiger charge is -2.04. The summed E-state index contributed by atoms with van der Waals surface area (Å²) >= 11 is 0. The Kier molecular flexibility index (Phi) is 3.16. The van der Waals surface area contributed by atoms with Gasteiger partial charge in [0.05, 0.1) is 0 Å². The van der Waals surface area contributed by atoms with Crippen LogP contribution in [-0.4, -0.2) is 26.0 Å². The fourth-order valence-corrected chi connectivity index (χ4v) is 1.36. The first-order valence-corrected chi connectivity index (χ1v) is 5.09. The minimum atomic E-state index is 0.113. The molecule has 2 aromatic rings. The Bertz CT molecular complexity index is 438. The second kappa shape index (κ2) is 4.76. The van der Waals surface area contributed by atoms with Gasteiger partial charge in [-0.25, -0.2) is 19.9 Å². The molecule has 1 atom stereocenters. The van der Waals surface area contributed by atoms with Crippen LogP contribution in [0.25, 0.3) is 11.6 Å². The lowest BCUT2D eigenvalue weighted by molar-refractivity contribution is 0.732. The van der Waals surface area contributed by atoms with Crippen LogP contribution in [-0.2, 0) is 6.42 Å². The maximum absolute atomic E-state index is 5.69. The summed E-state index contributed by atoms with van der Waals surface area (Å²) in [5.74, 6) is 1.07. The van der Waals surface area contributed by atoms with Gasteiger partial charge in [0.1, 0.15) is 0 Å². The molecule has 0 aliphatic carbocycles. The molecule has 2 heterocycles. The van der Waals surface area contributed by atoms with Gasteiger partial charge in [0.2, 0.25) is 0 Å². The van der Waals surface area contributed by atoms with Crippen molar-refractivity contribution < 1.29 is 0 Å². The maximum atomic E-state index is 5.69. The highest BCUT2D eigenvalue weighted by molar-refractivity contribution is 5.41. The van der Waals surface area contributed by atoms with Crippen LogP contribution in [0, 0.1) is 0 Å². The van der Waals surface area contributed by atoms with Crippen molar-refractivity contribution in [2.45, 2.75) is 19.4 Å². The highest BCUT2D eigenvalue weighted by atomic mass is 15.0. The molecule has 2 rings (SSSR count). The van der Waals surface area contributed by atoms with Crippen molar-refractivity contribution in [3.63, 3.8) is 0 Å². The Morgan fingerprint density at radius 3 is 2.19 bits per heavy atom. The minimum absolute atomic E-state index is 0.113. The van der Waals surface area contributed by atoms with Crippen molar-refractivity contribution in [1.82, 2.24) is 19.9 Å². The van der Waals surface area contributed by atoms with Crippen LogP contribution < -0.4 is 5.73 Å². The van der Waals surface area contributed by atoms with E-state index < -0.39 is 0 Å². The zero-order valence-electron chi connectivity index (χ0n) is 9.04. The Morgan fingerprint density at radius 2 is 1.62 bits per heavy atom. The molecule has 5 nitrogen and oxygen atoms in total. The normalized spacial score (nSPS) is 12.4. The van der Waals surface area contributed by atoms with Crippen LogP contribution in [0.1, 0.15) is 12.5 Å². The maximum Gasteiger partial charge on any atom is 0.197 e. The Labute approximate surface area is 93.8 Å². The summed E-state index contributed by atoms with van der Waals surface area (Å²) in [6, 6.07) is 1.87. The molecule has 0 aliphatic heterocycles. The SMILES string of the molecule is CC(N)Cc1cnc(-c2ncccn2)nc1. The Morgan fingerprint density at radius 1 is 1.06 bits per heavy atom. The van der Waals surface area contributed by atoms with E-state index in [0.717, 1.165) is 12.0 Å². The summed E-state index contributed by atoms with van der Waals surface area (Å²) in [7, 11) is 0. The van der Waals surface area contributed by atoms with Crippen LogP contribution in [0.2, 0.25) is 0 Å². The zero-order chi connectivity index (χ0) is 11.4. The van der Waals surface area contributed by atoms with Crippen molar-refractivity contribution in [3.05, 3.63) is 36.4 Å². The van der Waals surface area contributed by atoms with Crippen LogP contribution in [0.15, 0.2) is 30.9 Å². The monoisotopic (exact) mass is 215 g/mol. The second-order valence-corrected chi connectivity index (χ2v) is 3.67. The molecule has 0 radical (unpaired) electrons. The number of nitrogens with zero attached hydrogens (tertiary/aromatic N) is 4. The number of rotatable bonds is 3. The Balaban J connectivity index is 2.20. The molecule has 2 aromatic heterocycles. The van der Waals surface area contributed by atoms with E-state index in [1.165, 1.54) is 0 Å². The molecule has 0 saturated heterocycles. The summed E-state index contributed by atoms with van der Waals surface area (Å²) in [5, 5.41) is 0. The van der Waals surface area contributed by atoms with Crippen molar-refractivity contribution in [1.29, 1.82) is 0 Å². The van der Waals surface area contributed by atoms with Gasteiger partial charge < -0.3 is 5.73 Å². The molecular formula is C11H13N5. The third-order valence-corrected chi connectivity index (χ3v) is 2.03.